The van der Waals surface area contributed by atoms with Crippen molar-refractivity contribution in [3.05, 3.63) is 60.7 Å². The second-order valence-corrected chi connectivity index (χ2v) is 7.89. The van der Waals surface area contributed by atoms with E-state index in [-0.39, 0.29) is 5.97 Å². The van der Waals surface area contributed by atoms with Gasteiger partial charge in [-0.1, -0.05) is 0 Å². The van der Waals surface area contributed by atoms with E-state index in [4.69, 9.17) is 3.76 Å². The summed E-state index contributed by atoms with van der Waals surface area (Å²) in [5.74, 6) is -0.201. The van der Waals surface area contributed by atoms with Gasteiger partial charge in [-0.2, -0.15) is 0 Å². The summed E-state index contributed by atoms with van der Waals surface area (Å²) in [7, 11) is 0. The average Bonchev–Trinajstić information content (AvgIpc) is 2.38. The van der Waals surface area contributed by atoms with Crippen LogP contribution in [0.3, 0.4) is 0 Å². The van der Waals surface area contributed by atoms with Crippen molar-refractivity contribution < 1.29 is 8.56 Å². The number of benzene rings is 2. The van der Waals surface area contributed by atoms with Crippen molar-refractivity contribution in [2.24, 2.45) is 0 Å². The van der Waals surface area contributed by atoms with Crippen LogP contribution < -0.4 is 8.79 Å². The van der Waals surface area contributed by atoms with E-state index in [0.29, 0.717) is 0 Å². The Morgan fingerprint density at radius 2 is 1.29 bits per heavy atom. The fraction of sp³-hybridized carbons (Fsp3) is 0.0714. The normalized spacial score (nSPS) is 10.2. The Kier molecular flexibility index (Phi) is 3.99. The van der Waals surface area contributed by atoms with Crippen LogP contribution in [0, 0.1) is 0 Å². The third-order valence-corrected chi connectivity index (χ3v) is 6.95. The Balaban J connectivity index is 2.36. The molecule has 0 unspecified atom stereocenters. The van der Waals surface area contributed by atoms with Crippen LogP contribution in [-0.4, -0.2) is 20.7 Å². The van der Waals surface area contributed by atoms with Gasteiger partial charge in [0, 0.05) is 0 Å². The molecular formula is C14H13GeO2. The standard InChI is InChI=1S/C14H13GeO2/c1-12(16)17-15(13-8-4-2-5-9-13)14-10-6-3-7-11-14/h2-11H,1H3. The molecule has 3 heteroatoms. The van der Waals surface area contributed by atoms with Gasteiger partial charge in [-0.3, -0.25) is 0 Å². The van der Waals surface area contributed by atoms with Crippen molar-refractivity contribution in [1.29, 1.82) is 0 Å². The SMILES string of the molecule is CC(=O)[O][Ge]([c]1ccccc1)[c]1ccccc1. The summed E-state index contributed by atoms with van der Waals surface area (Å²) in [5.41, 5.74) is 0. The molecular weight excluding hydrogens is 273 g/mol. The molecule has 0 atom stereocenters. The zero-order valence-electron chi connectivity index (χ0n) is 9.59. The molecule has 0 saturated heterocycles. The van der Waals surface area contributed by atoms with E-state index in [2.05, 4.69) is 0 Å². The Labute approximate surface area is 106 Å². The summed E-state index contributed by atoms with van der Waals surface area (Å²) in [4.78, 5) is 11.2. The molecule has 0 aliphatic carbocycles. The van der Waals surface area contributed by atoms with Gasteiger partial charge in [-0.15, -0.1) is 0 Å². The Morgan fingerprint density at radius 1 is 0.882 bits per heavy atom. The molecule has 0 spiro atoms. The van der Waals surface area contributed by atoms with Gasteiger partial charge in [0.25, 0.3) is 0 Å². The molecule has 0 N–H and O–H groups in total. The predicted molar refractivity (Wildman–Crippen MR) is 69.7 cm³/mol. The summed E-state index contributed by atoms with van der Waals surface area (Å²) >= 11 is -2.16. The first kappa shape index (κ1) is 11.9. The molecule has 0 heterocycles. The molecule has 0 fully saturated rings. The number of hydrogen-bond acceptors (Lipinski definition) is 2. The first-order chi connectivity index (χ1) is 8.27. The van der Waals surface area contributed by atoms with E-state index in [9.17, 15) is 4.79 Å². The summed E-state index contributed by atoms with van der Waals surface area (Å²) in [5, 5.41) is 0. The summed E-state index contributed by atoms with van der Waals surface area (Å²) in [6, 6.07) is 20.0. The van der Waals surface area contributed by atoms with Crippen LogP contribution in [0.25, 0.3) is 0 Å². The molecule has 2 aromatic rings. The fourth-order valence-corrected chi connectivity index (χ4v) is 5.48. The van der Waals surface area contributed by atoms with Crippen LogP contribution in [0.5, 0.6) is 0 Å². The Morgan fingerprint density at radius 3 is 1.65 bits per heavy atom. The summed E-state index contributed by atoms with van der Waals surface area (Å²) in [6.07, 6.45) is 0. The van der Waals surface area contributed by atoms with E-state index < -0.39 is 14.7 Å². The zero-order chi connectivity index (χ0) is 12.1. The van der Waals surface area contributed by atoms with Gasteiger partial charge in [-0.25, -0.2) is 0 Å². The van der Waals surface area contributed by atoms with Gasteiger partial charge >= 0.3 is 106 Å². The molecule has 2 aromatic carbocycles. The van der Waals surface area contributed by atoms with Crippen molar-refractivity contribution in [3.63, 3.8) is 0 Å². The van der Waals surface area contributed by atoms with Crippen LogP contribution in [-0.2, 0) is 8.56 Å². The van der Waals surface area contributed by atoms with Crippen molar-refractivity contribution in [2.45, 2.75) is 6.92 Å². The third kappa shape index (κ3) is 3.20. The van der Waals surface area contributed by atoms with Gasteiger partial charge in [0.1, 0.15) is 0 Å². The average molecular weight is 286 g/mol. The molecule has 0 bridgehead atoms. The molecule has 1 radical (unpaired) electrons. The van der Waals surface area contributed by atoms with Gasteiger partial charge in [-0.05, 0) is 0 Å². The van der Waals surface area contributed by atoms with Crippen molar-refractivity contribution in [3.8, 4) is 0 Å². The van der Waals surface area contributed by atoms with E-state index in [1.807, 2.05) is 60.7 Å². The second-order valence-electron chi connectivity index (χ2n) is 3.65. The van der Waals surface area contributed by atoms with E-state index in [0.717, 1.165) is 8.79 Å². The zero-order valence-corrected chi connectivity index (χ0v) is 11.7. The van der Waals surface area contributed by atoms with Gasteiger partial charge in [0.15, 0.2) is 0 Å². The third-order valence-electron chi connectivity index (χ3n) is 2.32. The predicted octanol–water partition coefficient (Wildman–Crippen LogP) is 1.36. The molecule has 0 aromatic heterocycles. The van der Waals surface area contributed by atoms with Crippen LogP contribution in [0.1, 0.15) is 6.92 Å². The molecule has 85 valence electrons. The van der Waals surface area contributed by atoms with E-state index in [1.54, 1.807) is 0 Å². The Hall–Kier alpha value is -1.55. The first-order valence-corrected chi connectivity index (χ1v) is 8.39. The topological polar surface area (TPSA) is 26.3 Å². The second kappa shape index (κ2) is 5.68. The first-order valence-electron chi connectivity index (χ1n) is 5.43. The summed E-state index contributed by atoms with van der Waals surface area (Å²) < 4.78 is 7.84. The quantitative estimate of drug-likeness (QED) is 0.796. The maximum atomic E-state index is 11.2. The van der Waals surface area contributed by atoms with Crippen LogP contribution in [0.4, 0.5) is 0 Å². The molecule has 0 amide bonds. The van der Waals surface area contributed by atoms with Gasteiger partial charge < -0.3 is 0 Å². The number of carbonyl (C=O) groups excluding carboxylic acids is 1. The molecule has 17 heavy (non-hydrogen) atoms. The molecule has 2 rings (SSSR count). The minimum atomic E-state index is -2.16. The molecule has 0 aliphatic heterocycles. The molecule has 0 aliphatic rings. The fourth-order valence-electron chi connectivity index (χ4n) is 1.61. The van der Waals surface area contributed by atoms with E-state index in [1.165, 1.54) is 6.92 Å². The van der Waals surface area contributed by atoms with Crippen molar-refractivity contribution in [1.82, 2.24) is 0 Å². The number of carbonyl (C=O) groups is 1. The number of rotatable bonds is 3. The van der Waals surface area contributed by atoms with Crippen LogP contribution in [0.15, 0.2) is 60.7 Å². The van der Waals surface area contributed by atoms with Gasteiger partial charge in [0.2, 0.25) is 0 Å². The van der Waals surface area contributed by atoms with Crippen LogP contribution in [0.2, 0.25) is 0 Å². The monoisotopic (exact) mass is 287 g/mol. The molecule has 2 nitrogen and oxygen atoms in total. The van der Waals surface area contributed by atoms with Crippen molar-refractivity contribution >= 4 is 29.4 Å². The summed E-state index contributed by atoms with van der Waals surface area (Å²) in [6.45, 7) is 1.47. The maximum absolute atomic E-state index is 11.2. The molecule has 0 saturated carbocycles. The van der Waals surface area contributed by atoms with Gasteiger partial charge in [0.05, 0.1) is 0 Å². The van der Waals surface area contributed by atoms with Crippen molar-refractivity contribution in [2.75, 3.05) is 0 Å². The minimum absolute atomic E-state index is 0.201. The Bertz CT molecular complexity index is 443. The van der Waals surface area contributed by atoms with Crippen LogP contribution >= 0.6 is 0 Å². The van der Waals surface area contributed by atoms with E-state index >= 15 is 0 Å². The number of hydrogen-bond donors (Lipinski definition) is 0.